The molecule has 0 aromatic heterocycles. The lowest BCUT2D eigenvalue weighted by atomic mass is 9.80. The first-order valence-corrected chi connectivity index (χ1v) is 5.69. The molecule has 1 spiro atoms. The van der Waals surface area contributed by atoms with Crippen LogP contribution in [-0.4, -0.2) is 69.0 Å². The fourth-order valence-electron chi connectivity index (χ4n) is 2.24. The molecule has 17 heavy (non-hydrogen) atoms. The minimum atomic E-state index is -1.53. The Bertz CT molecular complexity index is 316. The second-order valence-electron chi connectivity index (χ2n) is 4.16. The van der Waals surface area contributed by atoms with Crippen LogP contribution in [0.1, 0.15) is 6.42 Å². The third kappa shape index (κ3) is 2.01. The van der Waals surface area contributed by atoms with E-state index in [2.05, 4.69) is 5.32 Å². The number of hydrogen-bond donors (Lipinski definition) is 5. The third-order valence-corrected chi connectivity index (χ3v) is 3.41. The standard InChI is InChI=1S/C9H15NO6S/c11-3-4-5(12)9(6(13)7(14)15-4)1-2-10-8(17)16-9/h4-7,11-14H,1-3H2,(H,10,17)/t4-,5-,6+,7-,9-/m1/s1. The second-order valence-corrected chi connectivity index (χ2v) is 4.53. The molecule has 0 aliphatic carbocycles. The number of ether oxygens (including phenoxy) is 2. The van der Waals surface area contributed by atoms with Gasteiger partial charge in [-0.2, -0.15) is 0 Å². The highest BCUT2D eigenvalue weighted by atomic mass is 32.1. The van der Waals surface area contributed by atoms with Crippen LogP contribution in [0.2, 0.25) is 0 Å². The van der Waals surface area contributed by atoms with E-state index in [9.17, 15) is 15.3 Å². The maximum absolute atomic E-state index is 10.1. The number of hydrogen-bond acceptors (Lipinski definition) is 7. The lowest BCUT2D eigenvalue weighted by molar-refractivity contribution is -0.320. The van der Waals surface area contributed by atoms with Gasteiger partial charge in [-0.05, 0) is 12.2 Å². The second kappa shape index (κ2) is 4.63. The number of aliphatic hydroxyl groups is 4. The van der Waals surface area contributed by atoms with E-state index in [0.29, 0.717) is 6.54 Å². The van der Waals surface area contributed by atoms with Crippen LogP contribution in [0.4, 0.5) is 0 Å². The number of aliphatic hydroxyl groups excluding tert-OH is 4. The van der Waals surface area contributed by atoms with Crippen LogP contribution in [0.25, 0.3) is 0 Å². The van der Waals surface area contributed by atoms with Crippen molar-refractivity contribution in [2.45, 2.75) is 36.6 Å². The Labute approximate surface area is 103 Å². The zero-order chi connectivity index (χ0) is 12.6. The van der Waals surface area contributed by atoms with E-state index >= 15 is 0 Å². The Morgan fingerprint density at radius 1 is 1.35 bits per heavy atom. The molecular weight excluding hydrogens is 250 g/mol. The smallest absolute Gasteiger partial charge is 0.257 e. The highest BCUT2D eigenvalue weighted by Gasteiger charge is 2.58. The Morgan fingerprint density at radius 3 is 2.65 bits per heavy atom. The van der Waals surface area contributed by atoms with E-state index in [1.54, 1.807) is 0 Å². The lowest BCUT2D eigenvalue weighted by Crippen LogP contribution is -2.71. The van der Waals surface area contributed by atoms with Crippen LogP contribution in [-0.2, 0) is 9.47 Å². The molecular formula is C9H15NO6S. The summed E-state index contributed by atoms with van der Waals surface area (Å²) in [5.41, 5.74) is -1.44. The molecule has 2 heterocycles. The van der Waals surface area contributed by atoms with Gasteiger partial charge in [0.2, 0.25) is 0 Å². The molecule has 0 aromatic carbocycles. The summed E-state index contributed by atoms with van der Waals surface area (Å²) in [6.07, 6.45) is -5.01. The molecule has 7 nitrogen and oxygen atoms in total. The molecule has 0 bridgehead atoms. The topological polar surface area (TPSA) is 111 Å². The molecule has 2 aliphatic heterocycles. The molecule has 0 unspecified atom stereocenters. The van der Waals surface area contributed by atoms with E-state index in [0.717, 1.165) is 0 Å². The van der Waals surface area contributed by atoms with Gasteiger partial charge in [0.1, 0.15) is 18.3 Å². The van der Waals surface area contributed by atoms with Gasteiger partial charge in [-0.3, -0.25) is 0 Å². The SMILES string of the molecule is OC[C@H]1O[C@@H](O)[C@H](O)[C@@]2(CCNC(=S)O2)[C@@H]1O. The van der Waals surface area contributed by atoms with Crippen molar-refractivity contribution >= 4 is 17.4 Å². The summed E-state index contributed by atoms with van der Waals surface area (Å²) in [5, 5.41) is 41.4. The molecule has 2 fully saturated rings. The zero-order valence-electron chi connectivity index (χ0n) is 8.94. The largest absolute Gasteiger partial charge is 0.458 e. The first kappa shape index (κ1) is 12.9. The molecule has 0 radical (unpaired) electrons. The molecule has 5 N–H and O–H groups in total. The average molecular weight is 265 g/mol. The molecule has 2 aliphatic rings. The van der Waals surface area contributed by atoms with E-state index in [1.165, 1.54) is 0 Å². The fourth-order valence-corrected chi connectivity index (χ4v) is 2.50. The van der Waals surface area contributed by atoms with E-state index in [4.69, 9.17) is 26.8 Å². The molecule has 0 amide bonds. The van der Waals surface area contributed by atoms with Gasteiger partial charge < -0.3 is 35.2 Å². The minimum absolute atomic E-state index is 0.0418. The predicted octanol–water partition coefficient (Wildman–Crippen LogP) is -2.55. The monoisotopic (exact) mass is 265 g/mol. The highest BCUT2D eigenvalue weighted by molar-refractivity contribution is 7.80. The van der Waals surface area contributed by atoms with Gasteiger partial charge >= 0.3 is 0 Å². The summed E-state index contributed by atoms with van der Waals surface area (Å²) in [5.74, 6) is 0. The number of nitrogens with one attached hydrogen (secondary N) is 1. The van der Waals surface area contributed by atoms with Crippen molar-refractivity contribution in [3.63, 3.8) is 0 Å². The molecule has 0 saturated carbocycles. The minimum Gasteiger partial charge on any atom is -0.458 e. The van der Waals surface area contributed by atoms with Crippen molar-refractivity contribution in [1.82, 2.24) is 5.32 Å². The van der Waals surface area contributed by atoms with Crippen molar-refractivity contribution in [3.8, 4) is 0 Å². The molecule has 2 saturated heterocycles. The van der Waals surface area contributed by atoms with Gasteiger partial charge in [0.15, 0.2) is 11.9 Å². The van der Waals surface area contributed by atoms with Gasteiger partial charge in [-0.25, -0.2) is 0 Å². The average Bonchev–Trinajstić information content (AvgIpc) is 2.32. The molecule has 5 atom stereocenters. The quantitative estimate of drug-likeness (QED) is 0.330. The highest BCUT2D eigenvalue weighted by Crippen LogP contribution is 2.36. The van der Waals surface area contributed by atoms with Crippen molar-refractivity contribution in [2.75, 3.05) is 13.2 Å². The van der Waals surface area contributed by atoms with Gasteiger partial charge in [-0.15, -0.1) is 0 Å². The van der Waals surface area contributed by atoms with E-state index < -0.39 is 36.8 Å². The first-order chi connectivity index (χ1) is 8.01. The van der Waals surface area contributed by atoms with Crippen LogP contribution < -0.4 is 5.32 Å². The summed E-state index contributed by atoms with van der Waals surface area (Å²) in [6, 6.07) is 0. The fraction of sp³-hybridized carbons (Fsp3) is 0.889. The Hall–Kier alpha value is -0.510. The molecule has 0 aromatic rings. The van der Waals surface area contributed by atoms with Crippen molar-refractivity contribution in [3.05, 3.63) is 0 Å². The van der Waals surface area contributed by atoms with Crippen LogP contribution in [0.15, 0.2) is 0 Å². The molecule has 8 heteroatoms. The van der Waals surface area contributed by atoms with Crippen molar-refractivity contribution in [2.24, 2.45) is 0 Å². The summed E-state index contributed by atoms with van der Waals surface area (Å²) in [7, 11) is 0. The lowest BCUT2D eigenvalue weighted by Gasteiger charge is -2.50. The molecule has 98 valence electrons. The Morgan fingerprint density at radius 2 is 2.06 bits per heavy atom. The summed E-state index contributed by atoms with van der Waals surface area (Å²) >= 11 is 4.84. The maximum atomic E-state index is 10.1. The summed E-state index contributed by atoms with van der Waals surface area (Å²) < 4.78 is 10.2. The number of rotatable bonds is 1. The van der Waals surface area contributed by atoms with Crippen molar-refractivity contribution in [1.29, 1.82) is 0 Å². The van der Waals surface area contributed by atoms with E-state index in [1.807, 2.05) is 0 Å². The Balaban J connectivity index is 2.29. The first-order valence-electron chi connectivity index (χ1n) is 5.28. The summed E-state index contributed by atoms with van der Waals surface area (Å²) in [6.45, 7) is -0.0892. The van der Waals surface area contributed by atoms with Gasteiger partial charge in [-0.1, -0.05) is 0 Å². The molecule has 2 rings (SSSR count). The van der Waals surface area contributed by atoms with Crippen molar-refractivity contribution < 1.29 is 29.9 Å². The van der Waals surface area contributed by atoms with Gasteiger partial charge in [0.25, 0.3) is 5.17 Å². The maximum Gasteiger partial charge on any atom is 0.257 e. The third-order valence-electron chi connectivity index (χ3n) is 3.19. The summed E-state index contributed by atoms with van der Waals surface area (Å²) in [4.78, 5) is 0. The predicted molar refractivity (Wildman–Crippen MR) is 59.0 cm³/mol. The normalized spacial score (nSPS) is 46.5. The zero-order valence-corrected chi connectivity index (χ0v) is 9.76. The van der Waals surface area contributed by atoms with Crippen LogP contribution in [0, 0.1) is 0 Å². The van der Waals surface area contributed by atoms with E-state index in [-0.39, 0.29) is 11.6 Å². The van der Waals surface area contributed by atoms with Crippen LogP contribution in [0.3, 0.4) is 0 Å². The Kier molecular flexibility index (Phi) is 3.53. The van der Waals surface area contributed by atoms with Crippen LogP contribution in [0.5, 0.6) is 0 Å². The number of thiocarbonyl (C=S) groups is 1. The van der Waals surface area contributed by atoms with Crippen LogP contribution >= 0.6 is 12.2 Å². The van der Waals surface area contributed by atoms with Gasteiger partial charge in [0.05, 0.1) is 6.61 Å². The van der Waals surface area contributed by atoms with Gasteiger partial charge in [0, 0.05) is 13.0 Å².